The molecule has 18 heavy (non-hydrogen) atoms. The van der Waals surface area contributed by atoms with E-state index in [4.69, 9.17) is 22.7 Å². The van der Waals surface area contributed by atoms with Crippen LogP contribution in [0.15, 0.2) is 0 Å². The van der Waals surface area contributed by atoms with Crippen molar-refractivity contribution in [2.45, 2.75) is 39.7 Å². The first-order valence-electron chi connectivity index (χ1n) is 6.07. The van der Waals surface area contributed by atoms with Crippen LogP contribution >= 0.6 is 12.2 Å². The zero-order valence-electron chi connectivity index (χ0n) is 11.1. The summed E-state index contributed by atoms with van der Waals surface area (Å²) >= 11 is 4.91. The molecule has 0 heterocycles. The molecule has 1 fully saturated rings. The monoisotopic (exact) mass is 272 g/mol. The van der Waals surface area contributed by atoms with Crippen molar-refractivity contribution in [1.82, 2.24) is 4.90 Å². The Morgan fingerprint density at radius 1 is 1.44 bits per heavy atom. The highest BCUT2D eigenvalue weighted by atomic mass is 32.1. The third kappa shape index (κ3) is 3.41. The van der Waals surface area contributed by atoms with Crippen molar-refractivity contribution in [3.05, 3.63) is 0 Å². The Bertz CT molecular complexity index is 364. The van der Waals surface area contributed by atoms with Crippen LogP contribution in [0, 0.1) is 5.41 Å². The fourth-order valence-corrected chi connectivity index (χ4v) is 1.65. The normalized spacial score (nSPS) is 15.1. The van der Waals surface area contributed by atoms with Gasteiger partial charge in [0.2, 0.25) is 5.91 Å². The van der Waals surface area contributed by atoms with Crippen LogP contribution in [0.2, 0.25) is 0 Å². The smallest absolute Gasteiger partial charge is 0.325 e. The second-order valence-corrected chi connectivity index (χ2v) is 5.40. The number of thiocarbonyl (C=S) groups is 1. The lowest BCUT2D eigenvalue weighted by molar-refractivity contribution is -0.151. The van der Waals surface area contributed by atoms with Crippen molar-refractivity contribution in [2.24, 2.45) is 11.1 Å². The summed E-state index contributed by atoms with van der Waals surface area (Å²) < 4.78 is 4.88. The topological polar surface area (TPSA) is 72.6 Å². The minimum Gasteiger partial charge on any atom is -0.465 e. The Balaban J connectivity index is 2.76. The molecule has 0 spiro atoms. The van der Waals surface area contributed by atoms with E-state index in [0.717, 1.165) is 12.8 Å². The first kappa shape index (κ1) is 14.9. The molecule has 1 amide bonds. The molecule has 0 aromatic heterocycles. The van der Waals surface area contributed by atoms with Gasteiger partial charge in [0.05, 0.1) is 17.0 Å². The maximum absolute atomic E-state index is 12.4. The van der Waals surface area contributed by atoms with E-state index in [1.807, 2.05) is 0 Å². The molecule has 1 aliphatic carbocycles. The second-order valence-electron chi connectivity index (χ2n) is 4.96. The number of ether oxygens (including phenoxy) is 1. The van der Waals surface area contributed by atoms with E-state index in [2.05, 4.69) is 0 Å². The van der Waals surface area contributed by atoms with Gasteiger partial charge in [-0.3, -0.25) is 9.59 Å². The molecule has 1 aliphatic rings. The SMILES string of the molecule is CCOC(=O)CN(C(=O)C(C)(C)C(N)=S)C1CC1. The average molecular weight is 272 g/mol. The van der Waals surface area contributed by atoms with Crippen LogP contribution in [0.3, 0.4) is 0 Å². The van der Waals surface area contributed by atoms with Gasteiger partial charge in [0.15, 0.2) is 0 Å². The highest BCUT2D eigenvalue weighted by Crippen LogP contribution is 2.31. The van der Waals surface area contributed by atoms with E-state index >= 15 is 0 Å². The Hall–Kier alpha value is -1.17. The number of hydrogen-bond donors (Lipinski definition) is 1. The van der Waals surface area contributed by atoms with Crippen molar-refractivity contribution in [1.29, 1.82) is 0 Å². The maximum Gasteiger partial charge on any atom is 0.325 e. The first-order chi connectivity index (χ1) is 8.30. The van der Waals surface area contributed by atoms with E-state index in [0.29, 0.717) is 6.61 Å². The van der Waals surface area contributed by atoms with Gasteiger partial charge in [-0.25, -0.2) is 0 Å². The molecular formula is C12H20N2O3S. The molecular weight excluding hydrogens is 252 g/mol. The molecule has 6 heteroatoms. The third-order valence-corrected chi connectivity index (χ3v) is 3.51. The van der Waals surface area contributed by atoms with Gasteiger partial charge >= 0.3 is 5.97 Å². The molecule has 0 aliphatic heterocycles. The van der Waals surface area contributed by atoms with Gasteiger partial charge in [0.25, 0.3) is 0 Å². The van der Waals surface area contributed by atoms with Gasteiger partial charge in [0, 0.05) is 6.04 Å². The third-order valence-electron chi connectivity index (χ3n) is 3.00. The Kier molecular flexibility index (Phi) is 4.67. The summed E-state index contributed by atoms with van der Waals surface area (Å²) in [7, 11) is 0. The van der Waals surface area contributed by atoms with Gasteiger partial charge in [-0.15, -0.1) is 0 Å². The van der Waals surface area contributed by atoms with Crippen LogP contribution in [-0.2, 0) is 14.3 Å². The fraction of sp³-hybridized carbons (Fsp3) is 0.750. The van der Waals surface area contributed by atoms with E-state index in [1.165, 1.54) is 4.90 Å². The number of esters is 1. The van der Waals surface area contributed by atoms with E-state index < -0.39 is 11.4 Å². The molecule has 0 aromatic carbocycles. The van der Waals surface area contributed by atoms with Gasteiger partial charge in [-0.05, 0) is 33.6 Å². The molecule has 0 atom stereocenters. The molecule has 0 bridgehead atoms. The minimum absolute atomic E-state index is 0.0244. The predicted octanol–water partition coefficient (Wildman–Crippen LogP) is 0.853. The predicted molar refractivity (Wildman–Crippen MR) is 71.9 cm³/mol. The lowest BCUT2D eigenvalue weighted by Gasteiger charge is -2.30. The quantitative estimate of drug-likeness (QED) is 0.573. The van der Waals surface area contributed by atoms with Gasteiger partial charge in [-0.1, -0.05) is 12.2 Å². The Labute approximate surface area is 113 Å². The summed E-state index contributed by atoms with van der Waals surface area (Å²) in [4.78, 5) is 25.6. The Morgan fingerprint density at radius 2 is 2.00 bits per heavy atom. The number of carbonyl (C=O) groups excluding carboxylic acids is 2. The minimum atomic E-state index is -0.926. The number of rotatable bonds is 6. The largest absolute Gasteiger partial charge is 0.465 e. The molecule has 5 nitrogen and oxygen atoms in total. The lowest BCUT2D eigenvalue weighted by atomic mass is 9.91. The summed E-state index contributed by atoms with van der Waals surface area (Å²) in [6.45, 7) is 5.38. The highest BCUT2D eigenvalue weighted by Gasteiger charge is 2.42. The summed E-state index contributed by atoms with van der Waals surface area (Å²) in [6, 6.07) is 0.121. The van der Waals surface area contributed by atoms with Crippen molar-refractivity contribution in [3.63, 3.8) is 0 Å². The number of nitrogens with two attached hydrogens (primary N) is 1. The number of hydrogen-bond acceptors (Lipinski definition) is 4. The van der Waals surface area contributed by atoms with Crippen molar-refractivity contribution in [3.8, 4) is 0 Å². The standard InChI is InChI=1S/C12H20N2O3S/c1-4-17-9(15)7-14(8-5-6-8)11(16)12(2,3)10(13)18/h8H,4-7H2,1-3H3,(H2,13,18). The summed E-state index contributed by atoms with van der Waals surface area (Å²) in [5.41, 5.74) is 4.66. The van der Waals surface area contributed by atoms with E-state index in [9.17, 15) is 9.59 Å². The molecule has 0 aromatic rings. The fourth-order valence-electron chi connectivity index (χ4n) is 1.56. The van der Waals surface area contributed by atoms with Crippen LogP contribution < -0.4 is 5.73 Å². The zero-order chi connectivity index (χ0) is 13.9. The van der Waals surface area contributed by atoms with Crippen molar-refractivity contribution < 1.29 is 14.3 Å². The van der Waals surface area contributed by atoms with Crippen molar-refractivity contribution >= 4 is 29.1 Å². The average Bonchev–Trinajstić information content (AvgIpc) is 3.08. The highest BCUT2D eigenvalue weighted by molar-refractivity contribution is 7.80. The maximum atomic E-state index is 12.4. The van der Waals surface area contributed by atoms with Crippen LogP contribution in [0.5, 0.6) is 0 Å². The van der Waals surface area contributed by atoms with Gasteiger partial charge < -0.3 is 15.4 Å². The number of carbonyl (C=O) groups is 2. The first-order valence-corrected chi connectivity index (χ1v) is 6.48. The van der Waals surface area contributed by atoms with E-state index in [-0.39, 0.29) is 23.5 Å². The number of amides is 1. The molecule has 0 unspecified atom stereocenters. The number of nitrogens with zero attached hydrogens (tertiary/aromatic N) is 1. The van der Waals surface area contributed by atoms with Crippen molar-refractivity contribution in [2.75, 3.05) is 13.2 Å². The zero-order valence-corrected chi connectivity index (χ0v) is 11.9. The Morgan fingerprint density at radius 3 is 2.39 bits per heavy atom. The molecule has 1 saturated carbocycles. The van der Waals surface area contributed by atoms with Crippen LogP contribution in [0.25, 0.3) is 0 Å². The molecule has 2 N–H and O–H groups in total. The van der Waals surface area contributed by atoms with Gasteiger partial charge in [0.1, 0.15) is 6.54 Å². The lowest BCUT2D eigenvalue weighted by Crippen LogP contribution is -2.49. The second kappa shape index (κ2) is 5.65. The molecule has 0 radical (unpaired) electrons. The molecule has 1 rings (SSSR count). The summed E-state index contributed by atoms with van der Waals surface area (Å²) in [5, 5.41) is 0. The van der Waals surface area contributed by atoms with E-state index in [1.54, 1.807) is 20.8 Å². The summed E-state index contributed by atoms with van der Waals surface area (Å²) in [5.74, 6) is -0.595. The van der Waals surface area contributed by atoms with Crippen LogP contribution in [0.4, 0.5) is 0 Å². The molecule has 102 valence electrons. The van der Waals surface area contributed by atoms with Gasteiger partial charge in [-0.2, -0.15) is 0 Å². The summed E-state index contributed by atoms with van der Waals surface area (Å²) in [6.07, 6.45) is 1.83. The van der Waals surface area contributed by atoms with Crippen LogP contribution in [0.1, 0.15) is 33.6 Å². The van der Waals surface area contributed by atoms with Crippen LogP contribution in [-0.4, -0.2) is 41.0 Å². The molecule has 0 saturated heterocycles.